The van der Waals surface area contributed by atoms with Crippen molar-refractivity contribution in [2.45, 2.75) is 76.8 Å². The van der Waals surface area contributed by atoms with Gasteiger partial charge in [-0.05, 0) is 25.7 Å². The maximum absolute atomic E-state index is 13.2. The Morgan fingerprint density at radius 2 is 1.76 bits per heavy atom. The number of methoxy groups -OCH3 is 1. The Kier molecular flexibility index (Phi) is 6.10. The van der Waals surface area contributed by atoms with Crippen LogP contribution < -0.4 is 0 Å². The van der Waals surface area contributed by atoms with Gasteiger partial charge >= 0.3 is 5.97 Å². The molecule has 0 spiro atoms. The van der Waals surface area contributed by atoms with Crippen LogP contribution in [0.3, 0.4) is 0 Å². The summed E-state index contributed by atoms with van der Waals surface area (Å²) in [7, 11) is 1.32. The number of carbonyl (C=O) groups is 2. The first-order valence-corrected chi connectivity index (χ1v) is 9.52. The summed E-state index contributed by atoms with van der Waals surface area (Å²) in [5, 5.41) is 0. The molecule has 0 radical (unpaired) electrons. The third kappa shape index (κ3) is 4.41. The van der Waals surface area contributed by atoms with Gasteiger partial charge in [-0.2, -0.15) is 0 Å². The SMILES string of the molecule is COC(=O)c1coc(CN(C(=O)C2CCCCC2)C2CCCCC2)n1. The molecule has 1 aromatic rings. The van der Waals surface area contributed by atoms with Crippen molar-refractivity contribution in [1.82, 2.24) is 9.88 Å². The number of nitrogens with zero attached hydrogens (tertiary/aromatic N) is 2. The molecule has 138 valence electrons. The van der Waals surface area contributed by atoms with Crippen molar-refractivity contribution in [3.05, 3.63) is 17.8 Å². The van der Waals surface area contributed by atoms with E-state index in [1.165, 1.54) is 26.2 Å². The molecule has 6 heteroatoms. The van der Waals surface area contributed by atoms with Gasteiger partial charge in [0.2, 0.25) is 11.8 Å². The Hall–Kier alpha value is -1.85. The molecular formula is C19H28N2O4. The summed E-state index contributed by atoms with van der Waals surface area (Å²) < 4.78 is 10.1. The summed E-state index contributed by atoms with van der Waals surface area (Å²) in [5.74, 6) is 0.267. The smallest absolute Gasteiger partial charge is 0.360 e. The van der Waals surface area contributed by atoms with Gasteiger partial charge in [-0.1, -0.05) is 38.5 Å². The number of rotatable bonds is 5. The molecule has 1 aromatic heterocycles. The fourth-order valence-corrected chi connectivity index (χ4v) is 4.09. The molecule has 25 heavy (non-hydrogen) atoms. The lowest BCUT2D eigenvalue weighted by Crippen LogP contribution is -2.44. The molecule has 0 aliphatic heterocycles. The van der Waals surface area contributed by atoms with E-state index >= 15 is 0 Å². The van der Waals surface area contributed by atoms with Crippen molar-refractivity contribution in [3.63, 3.8) is 0 Å². The van der Waals surface area contributed by atoms with Crippen molar-refractivity contribution in [2.24, 2.45) is 5.92 Å². The average molecular weight is 348 g/mol. The summed E-state index contributed by atoms with van der Waals surface area (Å²) in [4.78, 5) is 30.9. The van der Waals surface area contributed by atoms with Gasteiger partial charge in [-0.15, -0.1) is 0 Å². The van der Waals surface area contributed by atoms with Gasteiger partial charge in [0, 0.05) is 12.0 Å². The Balaban J connectivity index is 1.74. The summed E-state index contributed by atoms with van der Waals surface area (Å²) in [6.07, 6.45) is 12.5. The zero-order valence-electron chi connectivity index (χ0n) is 15.0. The predicted molar refractivity (Wildman–Crippen MR) is 91.8 cm³/mol. The second-order valence-corrected chi connectivity index (χ2v) is 7.21. The third-order valence-corrected chi connectivity index (χ3v) is 5.50. The van der Waals surface area contributed by atoms with Crippen LogP contribution in [0.4, 0.5) is 0 Å². The normalized spacial score (nSPS) is 19.6. The topological polar surface area (TPSA) is 72.6 Å². The summed E-state index contributed by atoms with van der Waals surface area (Å²) in [5.41, 5.74) is 0.159. The van der Waals surface area contributed by atoms with Crippen LogP contribution in [-0.4, -0.2) is 34.9 Å². The second kappa shape index (κ2) is 8.50. The maximum Gasteiger partial charge on any atom is 0.360 e. The lowest BCUT2D eigenvalue weighted by molar-refractivity contribution is -0.140. The van der Waals surface area contributed by atoms with Crippen LogP contribution in [0.1, 0.15) is 80.6 Å². The Labute approximate surface area is 148 Å². The van der Waals surface area contributed by atoms with Crippen molar-refractivity contribution in [1.29, 1.82) is 0 Å². The number of ether oxygens (including phenoxy) is 1. The molecule has 3 rings (SSSR count). The lowest BCUT2D eigenvalue weighted by Gasteiger charge is -2.36. The van der Waals surface area contributed by atoms with Gasteiger partial charge < -0.3 is 14.1 Å². The zero-order valence-corrected chi connectivity index (χ0v) is 15.0. The standard InChI is InChI=1S/C19H28N2O4/c1-24-19(23)16-13-25-17(20-16)12-21(15-10-6-3-7-11-15)18(22)14-8-4-2-5-9-14/h13-15H,2-12H2,1H3. The van der Waals surface area contributed by atoms with E-state index in [1.54, 1.807) is 0 Å². The van der Waals surface area contributed by atoms with Gasteiger partial charge in [0.15, 0.2) is 5.69 Å². The van der Waals surface area contributed by atoms with Crippen molar-refractivity contribution in [3.8, 4) is 0 Å². The van der Waals surface area contributed by atoms with E-state index in [0.29, 0.717) is 12.4 Å². The molecule has 2 aliphatic rings. The van der Waals surface area contributed by atoms with E-state index in [0.717, 1.165) is 51.4 Å². The molecule has 0 N–H and O–H groups in total. The van der Waals surface area contributed by atoms with E-state index in [2.05, 4.69) is 9.72 Å². The highest BCUT2D eigenvalue weighted by atomic mass is 16.5. The highest BCUT2D eigenvalue weighted by Gasteiger charge is 2.32. The van der Waals surface area contributed by atoms with Gasteiger partial charge in [0.05, 0.1) is 13.7 Å². The Bertz CT molecular complexity index is 586. The number of esters is 1. The van der Waals surface area contributed by atoms with E-state index in [-0.39, 0.29) is 23.6 Å². The number of hydrogen-bond donors (Lipinski definition) is 0. The molecular weight excluding hydrogens is 320 g/mol. The number of aromatic nitrogens is 1. The maximum atomic E-state index is 13.2. The minimum Gasteiger partial charge on any atom is -0.464 e. The molecule has 6 nitrogen and oxygen atoms in total. The summed E-state index contributed by atoms with van der Waals surface area (Å²) in [6.45, 7) is 0.344. The fraction of sp³-hybridized carbons (Fsp3) is 0.737. The van der Waals surface area contributed by atoms with Crippen molar-refractivity contribution < 1.29 is 18.7 Å². The molecule has 0 atom stereocenters. The van der Waals surface area contributed by atoms with E-state index in [1.807, 2.05) is 4.90 Å². The van der Waals surface area contributed by atoms with E-state index in [9.17, 15) is 9.59 Å². The zero-order chi connectivity index (χ0) is 17.6. The van der Waals surface area contributed by atoms with Crippen molar-refractivity contribution in [2.75, 3.05) is 7.11 Å². The molecule has 1 heterocycles. The Morgan fingerprint density at radius 1 is 1.12 bits per heavy atom. The molecule has 2 saturated carbocycles. The lowest BCUT2D eigenvalue weighted by atomic mass is 9.86. The first-order valence-electron chi connectivity index (χ1n) is 9.52. The van der Waals surface area contributed by atoms with Crippen LogP contribution in [0.25, 0.3) is 0 Å². The minimum atomic E-state index is -0.516. The molecule has 0 bridgehead atoms. The third-order valence-electron chi connectivity index (χ3n) is 5.50. The number of carbonyl (C=O) groups excluding carboxylic acids is 2. The highest BCUT2D eigenvalue weighted by molar-refractivity contribution is 5.86. The van der Waals surface area contributed by atoms with Gasteiger partial charge in [-0.3, -0.25) is 4.79 Å². The van der Waals surface area contributed by atoms with Crippen LogP contribution in [0.2, 0.25) is 0 Å². The molecule has 2 aliphatic carbocycles. The quantitative estimate of drug-likeness (QED) is 0.759. The molecule has 0 unspecified atom stereocenters. The molecule has 0 aromatic carbocycles. The summed E-state index contributed by atoms with van der Waals surface area (Å²) in [6, 6.07) is 0.261. The highest BCUT2D eigenvalue weighted by Crippen LogP contribution is 2.30. The summed E-state index contributed by atoms with van der Waals surface area (Å²) >= 11 is 0. The molecule has 2 fully saturated rings. The fourth-order valence-electron chi connectivity index (χ4n) is 4.09. The minimum absolute atomic E-state index is 0.130. The molecule has 1 amide bonds. The van der Waals surface area contributed by atoms with Crippen LogP contribution in [-0.2, 0) is 16.1 Å². The van der Waals surface area contributed by atoms with Crippen LogP contribution >= 0.6 is 0 Å². The average Bonchev–Trinajstić information content (AvgIpc) is 3.15. The Morgan fingerprint density at radius 3 is 2.40 bits per heavy atom. The largest absolute Gasteiger partial charge is 0.464 e. The van der Waals surface area contributed by atoms with E-state index < -0.39 is 5.97 Å². The molecule has 0 saturated heterocycles. The van der Waals surface area contributed by atoms with Crippen LogP contribution in [0.15, 0.2) is 10.7 Å². The van der Waals surface area contributed by atoms with E-state index in [4.69, 9.17) is 4.42 Å². The second-order valence-electron chi connectivity index (χ2n) is 7.21. The first kappa shape index (κ1) is 18.0. The van der Waals surface area contributed by atoms with Crippen molar-refractivity contribution >= 4 is 11.9 Å². The predicted octanol–water partition coefficient (Wildman–Crippen LogP) is 3.70. The number of oxazole rings is 1. The number of hydrogen-bond acceptors (Lipinski definition) is 5. The number of amides is 1. The monoisotopic (exact) mass is 348 g/mol. The van der Waals surface area contributed by atoms with Crippen LogP contribution in [0, 0.1) is 5.92 Å². The van der Waals surface area contributed by atoms with Crippen LogP contribution in [0.5, 0.6) is 0 Å². The van der Waals surface area contributed by atoms with Gasteiger partial charge in [0.25, 0.3) is 0 Å². The van der Waals surface area contributed by atoms with Gasteiger partial charge in [0.1, 0.15) is 6.26 Å². The van der Waals surface area contributed by atoms with Gasteiger partial charge in [-0.25, -0.2) is 9.78 Å². The first-order chi connectivity index (χ1) is 12.2.